The van der Waals surface area contributed by atoms with Crippen LogP contribution in [0.3, 0.4) is 0 Å². The van der Waals surface area contributed by atoms with Gasteiger partial charge in [-0.15, -0.1) is 0 Å². The summed E-state index contributed by atoms with van der Waals surface area (Å²) in [5, 5.41) is 3.26. The third-order valence-corrected chi connectivity index (χ3v) is 3.85. The molecule has 126 valence electrons. The molecule has 0 fully saturated rings. The van der Waals surface area contributed by atoms with Crippen molar-refractivity contribution in [3.8, 4) is 0 Å². The van der Waals surface area contributed by atoms with E-state index in [9.17, 15) is 14.4 Å². The number of rotatable bonds is 5. The fraction of sp³-hybridized carbons (Fsp3) is 0.562. The Kier molecular flexibility index (Phi) is 4.77. The summed E-state index contributed by atoms with van der Waals surface area (Å²) in [4.78, 5) is 37.0. The van der Waals surface area contributed by atoms with Gasteiger partial charge in [0, 0.05) is 27.2 Å². The van der Waals surface area contributed by atoms with Gasteiger partial charge in [-0.05, 0) is 18.4 Å². The second-order valence-corrected chi connectivity index (χ2v) is 6.23. The van der Waals surface area contributed by atoms with Crippen LogP contribution in [0.5, 0.6) is 0 Å². The summed E-state index contributed by atoms with van der Waals surface area (Å²) in [6, 6.07) is 1.59. The fourth-order valence-corrected chi connectivity index (χ4v) is 2.67. The average Bonchev–Trinajstić information content (AvgIpc) is 2.88. The molecule has 0 aliphatic carbocycles. The van der Waals surface area contributed by atoms with Gasteiger partial charge in [0.05, 0.1) is 5.39 Å². The Morgan fingerprint density at radius 3 is 2.43 bits per heavy atom. The van der Waals surface area contributed by atoms with E-state index in [0.717, 1.165) is 11.0 Å². The van der Waals surface area contributed by atoms with E-state index in [0.29, 0.717) is 35.7 Å². The van der Waals surface area contributed by atoms with Crippen molar-refractivity contribution < 1.29 is 4.79 Å². The maximum absolute atomic E-state index is 12.5. The van der Waals surface area contributed by atoms with Crippen LogP contribution in [0.25, 0.3) is 11.0 Å². The third kappa shape index (κ3) is 2.95. The molecule has 0 aromatic carbocycles. The quantitative estimate of drug-likeness (QED) is 0.886. The molecule has 0 aliphatic heterocycles. The number of aryl methyl sites for hydroxylation is 2. The molecule has 0 bridgehead atoms. The van der Waals surface area contributed by atoms with Gasteiger partial charge in [-0.1, -0.05) is 20.8 Å². The van der Waals surface area contributed by atoms with Gasteiger partial charge >= 0.3 is 5.69 Å². The molecule has 1 N–H and O–H groups in total. The molecule has 1 amide bonds. The van der Waals surface area contributed by atoms with E-state index in [1.807, 2.05) is 20.8 Å². The molecule has 2 heterocycles. The highest BCUT2D eigenvalue weighted by Crippen LogP contribution is 2.16. The molecule has 2 aromatic heterocycles. The minimum atomic E-state index is -0.396. The highest BCUT2D eigenvalue weighted by molar-refractivity contribution is 5.97. The smallest absolute Gasteiger partial charge is 0.332 e. The Hall–Kier alpha value is -2.31. The van der Waals surface area contributed by atoms with Crippen molar-refractivity contribution in [3.63, 3.8) is 0 Å². The summed E-state index contributed by atoms with van der Waals surface area (Å²) in [6.45, 7) is 7.14. The van der Waals surface area contributed by atoms with Crippen LogP contribution in [0.4, 0.5) is 0 Å². The highest BCUT2D eigenvalue weighted by Gasteiger charge is 2.20. The summed E-state index contributed by atoms with van der Waals surface area (Å²) in [6.07, 6.45) is 0.789. The lowest BCUT2D eigenvalue weighted by atomic mass is 10.2. The van der Waals surface area contributed by atoms with Gasteiger partial charge in [0.15, 0.2) is 0 Å². The topological polar surface area (TPSA) is 78.0 Å². The second-order valence-electron chi connectivity index (χ2n) is 6.23. The molecule has 0 radical (unpaired) electrons. The van der Waals surface area contributed by atoms with E-state index < -0.39 is 5.69 Å². The number of fused-ring (bicyclic) bond motifs is 1. The van der Waals surface area contributed by atoms with Crippen molar-refractivity contribution in [2.24, 2.45) is 20.0 Å². The van der Waals surface area contributed by atoms with E-state index in [4.69, 9.17) is 0 Å². The highest BCUT2D eigenvalue weighted by atomic mass is 16.2. The van der Waals surface area contributed by atoms with E-state index in [1.165, 1.54) is 11.6 Å². The number of nitrogens with zero attached hydrogens (tertiary/aromatic N) is 3. The average molecular weight is 320 g/mol. The van der Waals surface area contributed by atoms with Gasteiger partial charge in [0.25, 0.3) is 11.5 Å². The number of carbonyl (C=O) groups excluding carboxylic acids is 1. The monoisotopic (exact) mass is 320 g/mol. The second kappa shape index (κ2) is 6.44. The van der Waals surface area contributed by atoms with E-state index in [2.05, 4.69) is 5.32 Å². The molecule has 0 atom stereocenters. The number of amides is 1. The first-order valence-electron chi connectivity index (χ1n) is 7.87. The minimum Gasteiger partial charge on any atom is -0.351 e. The molecule has 2 rings (SSSR count). The van der Waals surface area contributed by atoms with Crippen molar-refractivity contribution in [1.29, 1.82) is 0 Å². The Balaban J connectivity index is 2.71. The Bertz CT molecular complexity index is 855. The van der Waals surface area contributed by atoms with Crippen LogP contribution in [-0.4, -0.2) is 26.2 Å². The molecular formula is C16H24N4O3. The van der Waals surface area contributed by atoms with Gasteiger partial charge in [0.1, 0.15) is 11.3 Å². The number of nitrogens with one attached hydrogen (secondary N) is 1. The summed E-state index contributed by atoms with van der Waals surface area (Å²) >= 11 is 0. The summed E-state index contributed by atoms with van der Waals surface area (Å²) in [5.41, 5.74) is 0.137. The fourth-order valence-electron chi connectivity index (χ4n) is 2.67. The Labute approximate surface area is 134 Å². The lowest BCUT2D eigenvalue weighted by Gasteiger charge is -2.13. The van der Waals surface area contributed by atoms with Gasteiger partial charge in [-0.3, -0.25) is 18.7 Å². The number of carbonyl (C=O) groups is 1. The van der Waals surface area contributed by atoms with E-state index in [-0.39, 0.29) is 11.5 Å². The third-order valence-electron chi connectivity index (χ3n) is 3.85. The first-order valence-corrected chi connectivity index (χ1v) is 7.87. The van der Waals surface area contributed by atoms with Crippen LogP contribution in [0.15, 0.2) is 15.7 Å². The van der Waals surface area contributed by atoms with Crippen molar-refractivity contribution in [3.05, 3.63) is 32.6 Å². The molecule has 23 heavy (non-hydrogen) atoms. The lowest BCUT2D eigenvalue weighted by molar-refractivity contribution is 0.0940. The van der Waals surface area contributed by atoms with Crippen LogP contribution in [0.2, 0.25) is 0 Å². The lowest BCUT2D eigenvalue weighted by Crippen LogP contribution is -2.37. The number of hydrogen-bond donors (Lipinski definition) is 1. The van der Waals surface area contributed by atoms with E-state index >= 15 is 0 Å². The predicted octanol–water partition coefficient (Wildman–Crippen LogP) is 0.834. The van der Waals surface area contributed by atoms with Crippen molar-refractivity contribution >= 4 is 16.9 Å². The summed E-state index contributed by atoms with van der Waals surface area (Å²) < 4.78 is 4.24. The zero-order valence-corrected chi connectivity index (χ0v) is 14.3. The van der Waals surface area contributed by atoms with Crippen molar-refractivity contribution in [1.82, 2.24) is 19.0 Å². The van der Waals surface area contributed by atoms with Gasteiger partial charge < -0.3 is 9.88 Å². The zero-order valence-electron chi connectivity index (χ0n) is 14.3. The van der Waals surface area contributed by atoms with Crippen LogP contribution in [-0.2, 0) is 20.6 Å². The van der Waals surface area contributed by atoms with Crippen LogP contribution in [0.1, 0.15) is 37.7 Å². The maximum Gasteiger partial charge on any atom is 0.332 e. The van der Waals surface area contributed by atoms with Crippen LogP contribution in [0, 0.1) is 5.92 Å². The van der Waals surface area contributed by atoms with Gasteiger partial charge in [-0.25, -0.2) is 4.79 Å². The van der Waals surface area contributed by atoms with Crippen molar-refractivity contribution in [2.75, 3.05) is 6.54 Å². The molecule has 0 saturated carbocycles. The molecule has 7 heteroatoms. The number of aromatic nitrogens is 3. The standard InChI is InChI=1S/C16H24N4O3/c1-6-7-20-12(13(21)17-9-10(2)3)8-11-14(20)18(4)16(23)19(5)15(11)22/h8,10H,6-7,9H2,1-5H3,(H,17,21). The van der Waals surface area contributed by atoms with Crippen LogP contribution < -0.4 is 16.6 Å². The molecular weight excluding hydrogens is 296 g/mol. The minimum absolute atomic E-state index is 0.224. The molecule has 0 aliphatic rings. The Morgan fingerprint density at radius 2 is 1.87 bits per heavy atom. The summed E-state index contributed by atoms with van der Waals surface area (Å²) in [5.74, 6) is 0.109. The van der Waals surface area contributed by atoms with Crippen LogP contribution >= 0.6 is 0 Å². The zero-order chi connectivity index (χ0) is 17.3. The Morgan fingerprint density at radius 1 is 1.22 bits per heavy atom. The molecule has 0 spiro atoms. The largest absolute Gasteiger partial charge is 0.351 e. The first-order chi connectivity index (χ1) is 10.8. The van der Waals surface area contributed by atoms with Crippen molar-refractivity contribution in [2.45, 2.75) is 33.7 Å². The van der Waals surface area contributed by atoms with Gasteiger partial charge in [-0.2, -0.15) is 0 Å². The van der Waals surface area contributed by atoms with Gasteiger partial charge in [0.2, 0.25) is 0 Å². The number of hydrogen-bond acceptors (Lipinski definition) is 3. The van der Waals surface area contributed by atoms with E-state index in [1.54, 1.807) is 17.7 Å². The first kappa shape index (κ1) is 17.1. The predicted molar refractivity (Wildman–Crippen MR) is 89.9 cm³/mol. The normalized spacial score (nSPS) is 11.4. The SMILES string of the molecule is CCCn1c(C(=O)NCC(C)C)cc2c(=O)n(C)c(=O)n(C)c21. The molecule has 2 aromatic rings. The molecule has 0 saturated heterocycles. The molecule has 7 nitrogen and oxygen atoms in total. The molecule has 0 unspecified atom stereocenters. The maximum atomic E-state index is 12.5. The summed E-state index contributed by atoms with van der Waals surface area (Å²) in [7, 11) is 3.06.